The molecule has 0 amide bonds. The molecule has 2 saturated heterocycles. The van der Waals surface area contributed by atoms with E-state index in [4.69, 9.17) is 15.9 Å². The lowest BCUT2D eigenvalue weighted by Gasteiger charge is -2.28. The Morgan fingerprint density at radius 3 is 2.53 bits per heavy atom. The fourth-order valence-electron chi connectivity index (χ4n) is 5.02. The minimum absolute atomic E-state index is 0.101. The standard InChI is InChI=1S/C30H31N5O2.C4H9NO/c1-3-27-28(23-6-9-29(24(18-23)19-31)37-26-11-13-34(2)21-26)10-12-32-30(27)33-20-22-4-7-25(8-5-22)35-14-16-36-17-15-35;1-5(2)3-4-6/h1,4-10,12,18,26H,11,13-17,20-21H2,2H3,(H,32,33);4H,3H2,1-2H3. The summed E-state index contributed by atoms with van der Waals surface area (Å²) in [4.78, 5) is 20.5. The van der Waals surface area contributed by atoms with Crippen molar-refractivity contribution in [2.24, 2.45) is 0 Å². The molecule has 0 bridgehead atoms. The molecule has 9 nitrogen and oxygen atoms in total. The summed E-state index contributed by atoms with van der Waals surface area (Å²) in [6.45, 7) is 6.36. The minimum Gasteiger partial charge on any atom is -0.488 e. The van der Waals surface area contributed by atoms with E-state index < -0.39 is 0 Å². The number of carbonyl (C=O) groups excluding carboxylic acids is 1. The Bertz CT molecular complexity index is 1440. The van der Waals surface area contributed by atoms with Gasteiger partial charge in [-0.2, -0.15) is 5.26 Å². The number of likely N-dealkylation sites (tertiary alicyclic amines) is 1. The Morgan fingerprint density at radius 2 is 1.93 bits per heavy atom. The largest absolute Gasteiger partial charge is 0.488 e. The number of rotatable bonds is 9. The zero-order valence-electron chi connectivity index (χ0n) is 25.3. The second-order valence-electron chi connectivity index (χ2n) is 10.9. The van der Waals surface area contributed by atoms with Crippen molar-refractivity contribution >= 4 is 17.8 Å². The first kappa shape index (κ1) is 31.5. The van der Waals surface area contributed by atoms with Crippen LogP contribution in [0.5, 0.6) is 5.75 Å². The van der Waals surface area contributed by atoms with Gasteiger partial charge >= 0.3 is 0 Å². The molecule has 2 aliphatic heterocycles. The van der Waals surface area contributed by atoms with Crippen molar-refractivity contribution in [3.8, 4) is 35.3 Å². The second-order valence-corrected chi connectivity index (χ2v) is 10.9. The van der Waals surface area contributed by atoms with E-state index in [9.17, 15) is 10.1 Å². The van der Waals surface area contributed by atoms with Crippen LogP contribution in [-0.2, 0) is 16.1 Å². The van der Waals surface area contributed by atoms with E-state index in [0.717, 1.165) is 68.8 Å². The lowest BCUT2D eigenvalue weighted by Crippen LogP contribution is -2.36. The number of terminal acetylenes is 1. The van der Waals surface area contributed by atoms with Crippen molar-refractivity contribution in [2.75, 3.05) is 77.3 Å². The van der Waals surface area contributed by atoms with Crippen LogP contribution in [0.4, 0.5) is 11.5 Å². The number of hydrogen-bond donors (Lipinski definition) is 1. The number of morpholine rings is 1. The molecular formula is C34H40N6O3. The van der Waals surface area contributed by atoms with Crippen molar-refractivity contribution in [3.63, 3.8) is 0 Å². The number of aromatic nitrogens is 1. The van der Waals surface area contributed by atoms with Crippen LogP contribution < -0.4 is 15.0 Å². The Kier molecular flexibility index (Phi) is 11.5. The smallest absolute Gasteiger partial charge is 0.142 e. The molecule has 2 aromatic carbocycles. The van der Waals surface area contributed by atoms with Gasteiger partial charge in [-0.25, -0.2) is 4.98 Å². The number of benzene rings is 2. The van der Waals surface area contributed by atoms with Gasteiger partial charge in [-0.3, -0.25) is 0 Å². The normalized spacial score (nSPS) is 16.5. The van der Waals surface area contributed by atoms with Crippen LogP contribution in [-0.4, -0.2) is 94.3 Å². The van der Waals surface area contributed by atoms with Gasteiger partial charge in [0.15, 0.2) is 0 Å². The molecular weight excluding hydrogens is 540 g/mol. The average molecular weight is 581 g/mol. The van der Waals surface area contributed by atoms with Crippen LogP contribution in [0.15, 0.2) is 54.7 Å². The van der Waals surface area contributed by atoms with Crippen LogP contribution in [0.2, 0.25) is 0 Å². The van der Waals surface area contributed by atoms with E-state index in [1.54, 1.807) is 6.20 Å². The zero-order valence-corrected chi connectivity index (χ0v) is 25.3. The fourth-order valence-corrected chi connectivity index (χ4v) is 5.02. The van der Waals surface area contributed by atoms with Gasteiger partial charge in [0.1, 0.15) is 30.0 Å². The predicted octanol–water partition coefficient (Wildman–Crippen LogP) is 3.88. The summed E-state index contributed by atoms with van der Waals surface area (Å²) < 4.78 is 11.6. The topological polar surface area (TPSA) is 94.0 Å². The highest BCUT2D eigenvalue weighted by Crippen LogP contribution is 2.32. The van der Waals surface area contributed by atoms with E-state index >= 15 is 0 Å². The Labute approximate surface area is 255 Å². The van der Waals surface area contributed by atoms with Gasteiger partial charge < -0.3 is 34.3 Å². The first-order valence-electron chi connectivity index (χ1n) is 14.5. The third-order valence-corrected chi connectivity index (χ3v) is 7.36. The number of anilines is 2. The Hall–Kier alpha value is -4.41. The molecule has 5 rings (SSSR count). The molecule has 224 valence electrons. The summed E-state index contributed by atoms with van der Waals surface area (Å²) in [5, 5.41) is 13.2. The summed E-state index contributed by atoms with van der Waals surface area (Å²) in [5.41, 5.74) is 5.23. The van der Waals surface area contributed by atoms with Gasteiger partial charge in [-0.1, -0.05) is 24.1 Å². The van der Waals surface area contributed by atoms with Crippen molar-refractivity contribution in [3.05, 3.63) is 71.4 Å². The van der Waals surface area contributed by atoms with Crippen LogP contribution in [0, 0.1) is 23.7 Å². The van der Waals surface area contributed by atoms with Crippen LogP contribution in [0.1, 0.15) is 23.1 Å². The van der Waals surface area contributed by atoms with Crippen molar-refractivity contribution < 1.29 is 14.3 Å². The maximum absolute atomic E-state index is 9.80. The number of pyridine rings is 1. The summed E-state index contributed by atoms with van der Waals surface area (Å²) in [6.07, 6.45) is 9.62. The van der Waals surface area contributed by atoms with E-state index in [0.29, 0.717) is 35.8 Å². The van der Waals surface area contributed by atoms with Crippen LogP contribution in [0.25, 0.3) is 11.1 Å². The van der Waals surface area contributed by atoms with Crippen LogP contribution in [0.3, 0.4) is 0 Å². The van der Waals surface area contributed by atoms with Gasteiger partial charge in [-0.15, -0.1) is 6.42 Å². The quantitative estimate of drug-likeness (QED) is 0.299. The molecule has 3 aromatic rings. The molecule has 0 radical (unpaired) electrons. The number of carbonyl (C=O) groups is 1. The summed E-state index contributed by atoms with van der Waals surface area (Å²) in [5.74, 6) is 4.06. The second kappa shape index (κ2) is 15.7. The molecule has 1 atom stereocenters. The maximum atomic E-state index is 9.80. The molecule has 0 aliphatic carbocycles. The number of ether oxygens (including phenoxy) is 2. The number of likely N-dealkylation sites (N-methyl/N-ethyl adjacent to an activating group) is 2. The first-order chi connectivity index (χ1) is 20.9. The molecule has 1 aromatic heterocycles. The first-order valence-corrected chi connectivity index (χ1v) is 14.5. The van der Waals surface area contributed by atoms with E-state index in [1.807, 2.05) is 43.3 Å². The molecule has 43 heavy (non-hydrogen) atoms. The molecule has 2 fully saturated rings. The molecule has 9 heteroatoms. The number of aldehydes is 1. The highest BCUT2D eigenvalue weighted by Gasteiger charge is 2.22. The highest BCUT2D eigenvalue weighted by atomic mass is 16.5. The van der Waals surface area contributed by atoms with Crippen molar-refractivity contribution in [1.82, 2.24) is 14.8 Å². The number of nitrogens with one attached hydrogen (secondary N) is 1. The van der Waals surface area contributed by atoms with Gasteiger partial charge in [0, 0.05) is 50.2 Å². The van der Waals surface area contributed by atoms with E-state index in [-0.39, 0.29) is 6.10 Å². The third-order valence-electron chi connectivity index (χ3n) is 7.36. The fraction of sp³-hybridized carbons (Fsp3) is 0.382. The lowest BCUT2D eigenvalue weighted by molar-refractivity contribution is -0.108. The zero-order chi connectivity index (χ0) is 30.6. The van der Waals surface area contributed by atoms with E-state index in [2.05, 4.69) is 63.4 Å². The Morgan fingerprint density at radius 1 is 1.16 bits per heavy atom. The molecule has 1 N–H and O–H groups in total. The predicted molar refractivity (Wildman–Crippen MR) is 170 cm³/mol. The molecule has 3 heterocycles. The summed E-state index contributed by atoms with van der Waals surface area (Å²) >= 11 is 0. The summed E-state index contributed by atoms with van der Waals surface area (Å²) in [6, 6.07) is 18.4. The molecule has 1 unspecified atom stereocenters. The van der Waals surface area contributed by atoms with Crippen molar-refractivity contribution in [2.45, 2.75) is 19.1 Å². The summed E-state index contributed by atoms with van der Waals surface area (Å²) in [7, 11) is 5.79. The SMILES string of the molecule is C#Cc1c(-c2ccc(OC3CCN(C)C3)c(C#N)c2)ccnc1NCc1ccc(N2CCOCC2)cc1.CN(C)CC=O. The minimum atomic E-state index is 0.101. The molecule has 0 saturated carbocycles. The lowest BCUT2D eigenvalue weighted by atomic mass is 9.99. The monoisotopic (exact) mass is 580 g/mol. The molecule has 2 aliphatic rings. The molecule has 0 spiro atoms. The highest BCUT2D eigenvalue weighted by molar-refractivity contribution is 5.78. The number of hydrogen-bond acceptors (Lipinski definition) is 9. The van der Waals surface area contributed by atoms with Crippen molar-refractivity contribution in [1.29, 1.82) is 5.26 Å². The number of nitriles is 1. The van der Waals surface area contributed by atoms with Gasteiger partial charge in [0.2, 0.25) is 0 Å². The van der Waals surface area contributed by atoms with E-state index in [1.165, 1.54) is 5.69 Å². The van der Waals surface area contributed by atoms with Gasteiger partial charge in [-0.05, 0) is 69.0 Å². The van der Waals surface area contributed by atoms with Gasteiger partial charge in [0.25, 0.3) is 0 Å². The maximum Gasteiger partial charge on any atom is 0.142 e. The van der Waals surface area contributed by atoms with Gasteiger partial charge in [0.05, 0.1) is 30.9 Å². The third kappa shape index (κ3) is 8.79. The average Bonchev–Trinajstić information content (AvgIpc) is 3.45. The Balaban J connectivity index is 0.000000641. The van der Waals surface area contributed by atoms with Crippen LogP contribution >= 0.6 is 0 Å². The number of nitrogens with zero attached hydrogens (tertiary/aromatic N) is 5.